The second-order valence-electron chi connectivity index (χ2n) is 6.98. The van der Waals surface area contributed by atoms with Crippen molar-refractivity contribution in [3.8, 4) is 0 Å². The lowest BCUT2D eigenvalue weighted by Gasteiger charge is -2.32. The van der Waals surface area contributed by atoms with Crippen LogP contribution in [0.4, 0.5) is 0 Å². The zero-order valence-electron chi connectivity index (χ0n) is 13.5. The molecule has 1 aliphatic carbocycles. The topological polar surface area (TPSA) is 67.0 Å². The molecular weight excluding hydrogens is 290 g/mol. The summed E-state index contributed by atoms with van der Waals surface area (Å²) in [5.74, 6) is 0.835. The maximum absolute atomic E-state index is 12.5. The van der Waals surface area contributed by atoms with Gasteiger partial charge >= 0.3 is 0 Å². The molecule has 1 aromatic heterocycles. The first-order valence-corrected chi connectivity index (χ1v) is 8.55. The maximum Gasteiger partial charge on any atom is 0.251 e. The Morgan fingerprint density at radius 1 is 1.35 bits per heavy atom. The first kappa shape index (κ1) is 14.7. The largest absolute Gasteiger partial charge is 0.373 e. The van der Waals surface area contributed by atoms with Gasteiger partial charge in [-0.05, 0) is 44.4 Å². The highest BCUT2D eigenvalue weighted by Crippen LogP contribution is 2.39. The summed E-state index contributed by atoms with van der Waals surface area (Å²) in [5.41, 5.74) is 2.50. The van der Waals surface area contributed by atoms with Crippen LogP contribution in [-0.4, -0.2) is 34.1 Å². The monoisotopic (exact) mass is 313 g/mol. The van der Waals surface area contributed by atoms with Crippen LogP contribution >= 0.6 is 0 Å². The molecule has 0 radical (unpaired) electrons. The van der Waals surface area contributed by atoms with Crippen LogP contribution in [0.1, 0.15) is 54.7 Å². The summed E-state index contributed by atoms with van der Waals surface area (Å²) in [6.07, 6.45) is 7.03. The van der Waals surface area contributed by atoms with E-state index in [2.05, 4.69) is 15.3 Å². The van der Waals surface area contributed by atoms with Crippen molar-refractivity contribution in [3.05, 3.63) is 29.6 Å². The minimum atomic E-state index is -0.0272. The fourth-order valence-electron chi connectivity index (χ4n) is 4.03. The minimum Gasteiger partial charge on any atom is -0.373 e. The van der Waals surface area contributed by atoms with Crippen molar-refractivity contribution in [3.63, 3.8) is 0 Å². The third kappa shape index (κ3) is 2.85. The molecular formula is C18H23N3O2. The Morgan fingerprint density at radius 3 is 3.00 bits per heavy atom. The molecule has 5 nitrogen and oxygen atoms in total. The summed E-state index contributed by atoms with van der Waals surface area (Å²) >= 11 is 0. The van der Waals surface area contributed by atoms with E-state index in [1.165, 1.54) is 19.3 Å². The lowest BCUT2D eigenvalue weighted by molar-refractivity contribution is -0.0246. The number of amides is 1. The number of imidazole rings is 1. The van der Waals surface area contributed by atoms with E-state index >= 15 is 0 Å². The number of aromatic amines is 1. The first-order chi connectivity index (χ1) is 11.1. The summed E-state index contributed by atoms with van der Waals surface area (Å²) in [6.45, 7) is 2.55. The maximum atomic E-state index is 12.5. The van der Waals surface area contributed by atoms with Crippen molar-refractivity contribution >= 4 is 16.9 Å². The smallest absolute Gasteiger partial charge is 0.251 e. The van der Waals surface area contributed by atoms with Crippen LogP contribution in [0, 0.1) is 6.92 Å². The summed E-state index contributed by atoms with van der Waals surface area (Å²) < 4.78 is 6.07. The van der Waals surface area contributed by atoms with Gasteiger partial charge in [0.25, 0.3) is 5.91 Å². The molecule has 122 valence electrons. The summed E-state index contributed by atoms with van der Waals surface area (Å²) in [6, 6.07) is 5.72. The standard InChI is InChI=1S/C18H23N3O2/c1-12-19-15-6-5-13(9-16(15)20-12)17(22)21-14-10-18(23-11-14)7-3-2-4-8-18/h5-6,9,14H,2-4,7-8,10-11H2,1H3,(H,19,20)(H,21,22)/t14-/m0/s1. The molecule has 2 heterocycles. The van der Waals surface area contributed by atoms with E-state index < -0.39 is 0 Å². The molecule has 2 aliphatic rings. The van der Waals surface area contributed by atoms with Gasteiger partial charge in [-0.1, -0.05) is 19.3 Å². The molecule has 1 amide bonds. The van der Waals surface area contributed by atoms with Crippen molar-refractivity contribution in [2.75, 3.05) is 6.61 Å². The molecule has 0 unspecified atom stereocenters. The molecule has 2 fully saturated rings. The predicted molar refractivity (Wildman–Crippen MR) is 88.5 cm³/mol. The number of H-pyrrole nitrogens is 1. The van der Waals surface area contributed by atoms with Gasteiger partial charge in [-0.2, -0.15) is 0 Å². The molecule has 1 aliphatic heterocycles. The number of benzene rings is 1. The number of nitrogens with zero attached hydrogens (tertiary/aromatic N) is 1. The van der Waals surface area contributed by atoms with Crippen LogP contribution in [0.2, 0.25) is 0 Å². The Labute approximate surface area is 135 Å². The Bertz CT molecular complexity index is 731. The van der Waals surface area contributed by atoms with Gasteiger partial charge in [-0.25, -0.2) is 4.98 Å². The van der Waals surface area contributed by atoms with Crippen molar-refractivity contribution in [2.45, 2.75) is 57.1 Å². The van der Waals surface area contributed by atoms with Crippen molar-refractivity contribution < 1.29 is 9.53 Å². The van der Waals surface area contributed by atoms with E-state index in [0.717, 1.165) is 36.1 Å². The molecule has 2 N–H and O–H groups in total. The number of nitrogens with one attached hydrogen (secondary N) is 2. The Morgan fingerprint density at radius 2 is 2.17 bits per heavy atom. The lowest BCUT2D eigenvalue weighted by atomic mass is 9.82. The molecule has 1 saturated heterocycles. The second-order valence-corrected chi connectivity index (χ2v) is 6.98. The number of carbonyl (C=O) groups is 1. The van der Waals surface area contributed by atoms with Crippen LogP contribution in [0.5, 0.6) is 0 Å². The highest BCUT2D eigenvalue weighted by Gasteiger charge is 2.41. The number of rotatable bonds is 2. The molecule has 1 spiro atoms. The molecule has 1 atom stereocenters. The zero-order chi connectivity index (χ0) is 15.9. The SMILES string of the molecule is Cc1nc2ccc(C(=O)N[C@@H]3COC4(CCCCC4)C3)cc2[nH]1. The number of hydrogen-bond donors (Lipinski definition) is 2. The van der Waals surface area contributed by atoms with Crippen LogP contribution in [0.3, 0.4) is 0 Å². The second kappa shape index (κ2) is 5.64. The average Bonchev–Trinajstić information content (AvgIpc) is 3.10. The van der Waals surface area contributed by atoms with Gasteiger partial charge in [0.15, 0.2) is 0 Å². The van der Waals surface area contributed by atoms with Crippen LogP contribution in [0.15, 0.2) is 18.2 Å². The molecule has 1 aromatic carbocycles. The van der Waals surface area contributed by atoms with Crippen LogP contribution < -0.4 is 5.32 Å². The number of hydrogen-bond acceptors (Lipinski definition) is 3. The lowest BCUT2D eigenvalue weighted by Crippen LogP contribution is -2.37. The molecule has 1 saturated carbocycles. The van der Waals surface area contributed by atoms with Crippen LogP contribution in [-0.2, 0) is 4.74 Å². The van der Waals surface area contributed by atoms with Gasteiger partial charge < -0.3 is 15.0 Å². The van der Waals surface area contributed by atoms with Gasteiger partial charge in [-0.3, -0.25) is 4.79 Å². The Hall–Kier alpha value is -1.88. The number of carbonyl (C=O) groups excluding carboxylic acids is 1. The Kier molecular flexibility index (Phi) is 3.60. The van der Waals surface area contributed by atoms with Gasteiger partial charge in [0.1, 0.15) is 5.82 Å². The first-order valence-electron chi connectivity index (χ1n) is 8.55. The van der Waals surface area contributed by atoms with Gasteiger partial charge in [0.05, 0.1) is 29.3 Å². The zero-order valence-corrected chi connectivity index (χ0v) is 13.5. The van der Waals surface area contributed by atoms with Crippen molar-refractivity contribution in [1.82, 2.24) is 15.3 Å². The quantitative estimate of drug-likeness (QED) is 0.895. The highest BCUT2D eigenvalue weighted by atomic mass is 16.5. The number of aromatic nitrogens is 2. The van der Waals surface area contributed by atoms with Crippen LogP contribution in [0.25, 0.3) is 11.0 Å². The van der Waals surface area contributed by atoms with Gasteiger partial charge in [0.2, 0.25) is 0 Å². The van der Waals surface area contributed by atoms with E-state index in [4.69, 9.17) is 4.74 Å². The fraction of sp³-hybridized carbons (Fsp3) is 0.556. The van der Waals surface area contributed by atoms with E-state index in [1.54, 1.807) is 0 Å². The summed E-state index contributed by atoms with van der Waals surface area (Å²) in [7, 11) is 0. The third-order valence-corrected chi connectivity index (χ3v) is 5.17. The highest BCUT2D eigenvalue weighted by molar-refractivity contribution is 5.97. The van der Waals surface area contributed by atoms with Crippen molar-refractivity contribution in [1.29, 1.82) is 0 Å². The van der Waals surface area contributed by atoms with Gasteiger partial charge in [0, 0.05) is 5.56 Å². The number of fused-ring (bicyclic) bond motifs is 1. The van der Waals surface area contributed by atoms with Crippen molar-refractivity contribution in [2.24, 2.45) is 0 Å². The fourth-order valence-corrected chi connectivity index (χ4v) is 4.03. The molecule has 5 heteroatoms. The van der Waals surface area contributed by atoms with E-state index in [1.807, 2.05) is 25.1 Å². The van der Waals surface area contributed by atoms with E-state index in [9.17, 15) is 4.79 Å². The predicted octanol–water partition coefficient (Wildman–Crippen LogP) is 3.09. The van der Waals surface area contributed by atoms with E-state index in [-0.39, 0.29) is 17.6 Å². The number of ether oxygens (including phenoxy) is 1. The molecule has 4 rings (SSSR count). The normalized spacial score (nSPS) is 23.4. The van der Waals surface area contributed by atoms with Gasteiger partial charge in [-0.15, -0.1) is 0 Å². The Balaban J connectivity index is 1.44. The minimum absolute atomic E-state index is 0.0272. The molecule has 23 heavy (non-hydrogen) atoms. The molecule has 0 bridgehead atoms. The third-order valence-electron chi connectivity index (χ3n) is 5.17. The molecule has 2 aromatic rings. The average molecular weight is 313 g/mol. The summed E-state index contributed by atoms with van der Waals surface area (Å²) in [4.78, 5) is 20.1. The van der Waals surface area contributed by atoms with E-state index in [0.29, 0.717) is 12.2 Å². The number of aryl methyl sites for hydroxylation is 1. The summed E-state index contributed by atoms with van der Waals surface area (Å²) in [5, 5.41) is 3.14.